The zero-order valence-corrected chi connectivity index (χ0v) is 15.0. The van der Waals surface area contributed by atoms with Crippen LogP contribution < -0.4 is 5.32 Å². The second-order valence-corrected chi connectivity index (χ2v) is 6.26. The van der Waals surface area contributed by atoms with Crippen LogP contribution >= 0.6 is 0 Å². The van der Waals surface area contributed by atoms with Gasteiger partial charge in [0, 0.05) is 6.92 Å². The van der Waals surface area contributed by atoms with Crippen LogP contribution in [0.4, 0.5) is 0 Å². The zero-order chi connectivity index (χ0) is 20.7. The number of aliphatic hydroxyl groups excluding tert-OH is 5. The fraction of sp³-hybridized carbons (Fsp3) is 0.867. The van der Waals surface area contributed by atoms with Gasteiger partial charge in [0.15, 0.2) is 12.4 Å². The molecule has 0 radical (unpaired) electrons. The van der Waals surface area contributed by atoms with Gasteiger partial charge in [-0.2, -0.15) is 0 Å². The minimum atomic E-state index is -1.84. The van der Waals surface area contributed by atoms with Gasteiger partial charge in [-0.1, -0.05) is 0 Å². The lowest BCUT2D eigenvalue weighted by Gasteiger charge is -2.38. The van der Waals surface area contributed by atoms with E-state index < -0.39 is 67.4 Å². The lowest BCUT2D eigenvalue weighted by atomic mass is 9.99. The summed E-state index contributed by atoms with van der Waals surface area (Å²) in [5.41, 5.74) is 0. The smallest absolute Gasteiger partial charge is 0.335 e. The van der Waals surface area contributed by atoms with E-state index in [1.165, 1.54) is 13.8 Å². The van der Waals surface area contributed by atoms with E-state index in [1.807, 2.05) is 0 Å². The summed E-state index contributed by atoms with van der Waals surface area (Å²) in [7, 11) is 0. The summed E-state index contributed by atoms with van der Waals surface area (Å²) in [5, 5.41) is 59.3. The van der Waals surface area contributed by atoms with E-state index in [9.17, 15) is 30.0 Å². The minimum Gasteiger partial charge on any atom is -0.479 e. The molecule has 12 heteroatoms. The van der Waals surface area contributed by atoms with Crippen molar-refractivity contribution >= 4 is 11.9 Å². The largest absolute Gasteiger partial charge is 0.479 e. The average Bonchev–Trinajstić information content (AvgIpc) is 2.58. The van der Waals surface area contributed by atoms with Crippen molar-refractivity contribution in [1.29, 1.82) is 0 Å². The highest BCUT2D eigenvalue weighted by Gasteiger charge is 2.47. The number of aliphatic hydroxyl groups is 5. The van der Waals surface area contributed by atoms with E-state index in [2.05, 4.69) is 5.32 Å². The van der Waals surface area contributed by atoms with Gasteiger partial charge in [-0.05, 0) is 6.92 Å². The molecular formula is C15H27NO11. The molecule has 8 atom stereocenters. The molecule has 7 N–H and O–H groups in total. The third-order valence-corrected chi connectivity index (χ3v) is 3.91. The maximum atomic E-state index is 11.3. The summed E-state index contributed by atoms with van der Waals surface area (Å²) >= 11 is 0. The zero-order valence-electron chi connectivity index (χ0n) is 15.0. The summed E-state index contributed by atoms with van der Waals surface area (Å²) < 4.78 is 15.5. The first-order valence-electron chi connectivity index (χ1n) is 8.30. The van der Waals surface area contributed by atoms with Gasteiger partial charge >= 0.3 is 5.97 Å². The molecule has 0 saturated carbocycles. The number of carboxylic acids is 1. The van der Waals surface area contributed by atoms with Gasteiger partial charge in [0.05, 0.1) is 32.0 Å². The molecule has 0 aromatic rings. The minimum absolute atomic E-state index is 0.175. The molecular weight excluding hydrogens is 370 g/mol. The van der Waals surface area contributed by atoms with Crippen LogP contribution in [0.25, 0.3) is 0 Å². The van der Waals surface area contributed by atoms with Crippen molar-refractivity contribution in [1.82, 2.24) is 5.32 Å². The Hall–Kier alpha value is -1.38. The Morgan fingerprint density at radius 3 is 2.26 bits per heavy atom. The van der Waals surface area contributed by atoms with Crippen molar-refractivity contribution in [3.63, 3.8) is 0 Å². The second kappa shape index (κ2) is 10.8. The fourth-order valence-corrected chi connectivity index (χ4v) is 2.40. The molecule has 158 valence electrons. The molecule has 0 spiro atoms. The molecule has 1 aliphatic heterocycles. The Kier molecular flexibility index (Phi) is 9.49. The first-order valence-corrected chi connectivity index (χ1v) is 8.30. The molecule has 1 aliphatic rings. The third kappa shape index (κ3) is 6.93. The SMILES string of the molecule is CC(=O)N[C@@H](COC1OC(C(=O)O)C(O)C(O)C1O)COC(CO)[C@H](C)O. The van der Waals surface area contributed by atoms with Gasteiger partial charge in [0.1, 0.15) is 24.4 Å². The number of rotatable bonds is 10. The van der Waals surface area contributed by atoms with Crippen LogP contribution in [0.1, 0.15) is 13.8 Å². The van der Waals surface area contributed by atoms with Crippen LogP contribution in [0.2, 0.25) is 0 Å². The summed E-state index contributed by atoms with van der Waals surface area (Å²) in [5.74, 6) is -1.99. The summed E-state index contributed by atoms with van der Waals surface area (Å²) in [4.78, 5) is 22.4. The van der Waals surface area contributed by atoms with Gasteiger partial charge in [0.2, 0.25) is 5.91 Å². The Balaban J connectivity index is 2.69. The lowest BCUT2D eigenvalue weighted by Crippen LogP contribution is -2.60. The number of amides is 1. The summed E-state index contributed by atoms with van der Waals surface area (Å²) in [6.07, 6.45) is -10.6. The molecule has 12 nitrogen and oxygen atoms in total. The fourth-order valence-electron chi connectivity index (χ4n) is 2.40. The van der Waals surface area contributed by atoms with Crippen molar-refractivity contribution in [2.75, 3.05) is 19.8 Å². The molecule has 27 heavy (non-hydrogen) atoms. The molecule has 6 unspecified atom stereocenters. The number of carboxylic acid groups (broad SMARTS) is 1. The number of carbonyl (C=O) groups is 2. The predicted octanol–water partition coefficient (Wildman–Crippen LogP) is -3.84. The molecule has 0 aromatic heterocycles. The van der Waals surface area contributed by atoms with Crippen LogP contribution in [-0.4, -0.2) is 111 Å². The summed E-state index contributed by atoms with van der Waals surface area (Å²) in [6, 6.07) is -0.793. The van der Waals surface area contributed by atoms with Gasteiger partial charge in [-0.25, -0.2) is 4.79 Å². The Morgan fingerprint density at radius 1 is 1.15 bits per heavy atom. The molecule has 1 fully saturated rings. The maximum Gasteiger partial charge on any atom is 0.335 e. The number of aliphatic carboxylic acids is 1. The first-order chi connectivity index (χ1) is 12.6. The topological polar surface area (TPSA) is 195 Å². The van der Waals surface area contributed by atoms with Crippen molar-refractivity contribution < 1.29 is 54.4 Å². The van der Waals surface area contributed by atoms with Gasteiger partial charge in [-0.15, -0.1) is 0 Å². The van der Waals surface area contributed by atoms with Crippen LogP contribution in [0.3, 0.4) is 0 Å². The molecule has 1 heterocycles. The first kappa shape index (κ1) is 23.7. The van der Waals surface area contributed by atoms with E-state index in [4.69, 9.17) is 24.4 Å². The van der Waals surface area contributed by atoms with Crippen molar-refractivity contribution in [3.05, 3.63) is 0 Å². The van der Waals surface area contributed by atoms with E-state index in [1.54, 1.807) is 0 Å². The van der Waals surface area contributed by atoms with Gasteiger partial charge in [0.25, 0.3) is 0 Å². The number of carbonyl (C=O) groups excluding carboxylic acids is 1. The predicted molar refractivity (Wildman–Crippen MR) is 86.4 cm³/mol. The Bertz CT molecular complexity index is 488. The van der Waals surface area contributed by atoms with Crippen LogP contribution in [-0.2, 0) is 23.8 Å². The molecule has 1 saturated heterocycles. The number of hydrogen-bond donors (Lipinski definition) is 7. The second-order valence-electron chi connectivity index (χ2n) is 6.26. The van der Waals surface area contributed by atoms with Crippen molar-refractivity contribution in [3.8, 4) is 0 Å². The number of hydrogen-bond acceptors (Lipinski definition) is 10. The Labute approximate surface area is 155 Å². The lowest BCUT2D eigenvalue weighted by molar-refractivity contribution is -0.295. The quantitative estimate of drug-likeness (QED) is 0.191. The third-order valence-electron chi connectivity index (χ3n) is 3.91. The number of ether oxygens (including phenoxy) is 3. The highest BCUT2D eigenvalue weighted by molar-refractivity contribution is 5.73. The normalized spacial score (nSPS) is 31.7. The molecule has 0 aliphatic carbocycles. The Morgan fingerprint density at radius 2 is 1.78 bits per heavy atom. The monoisotopic (exact) mass is 397 g/mol. The van der Waals surface area contributed by atoms with E-state index in [0.717, 1.165) is 0 Å². The van der Waals surface area contributed by atoms with Gasteiger partial charge in [-0.3, -0.25) is 4.79 Å². The maximum absolute atomic E-state index is 11.3. The summed E-state index contributed by atoms with van der Waals surface area (Å²) in [6.45, 7) is 1.70. The van der Waals surface area contributed by atoms with Crippen LogP contribution in [0.5, 0.6) is 0 Å². The molecule has 1 rings (SSSR count). The number of nitrogens with one attached hydrogen (secondary N) is 1. The highest BCUT2D eigenvalue weighted by atomic mass is 16.7. The van der Waals surface area contributed by atoms with E-state index >= 15 is 0 Å². The van der Waals surface area contributed by atoms with Gasteiger partial charge < -0.3 is 50.2 Å². The highest BCUT2D eigenvalue weighted by Crippen LogP contribution is 2.22. The van der Waals surface area contributed by atoms with Crippen molar-refractivity contribution in [2.24, 2.45) is 0 Å². The van der Waals surface area contributed by atoms with Crippen LogP contribution in [0.15, 0.2) is 0 Å². The standard InChI is InChI=1S/C15H27NO11/c1-6(18)9(3-17)25-4-8(16-7(2)19)5-26-15-12(22)10(20)11(21)13(27-15)14(23)24/h6,8-13,15,17-18,20-22H,3-5H2,1-2H3,(H,16,19)(H,23,24)/t6-,8+,9?,10?,11?,12?,13?,15?/m0/s1. The van der Waals surface area contributed by atoms with E-state index in [-0.39, 0.29) is 13.2 Å². The molecule has 0 aromatic carbocycles. The van der Waals surface area contributed by atoms with Crippen molar-refractivity contribution in [2.45, 2.75) is 62.8 Å². The van der Waals surface area contributed by atoms with Crippen LogP contribution in [0, 0.1) is 0 Å². The molecule has 0 bridgehead atoms. The average molecular weight is 397 g/mol. The van der Waals surface area contributed by atoms with E-state index in [0.29, 0.717) is 0 Å². The molecule has 1 amide bonds.